The van der Waals surface area contributed by atoms with Gasteiger partial charge in [-0.1, -0.05) is 18.2 Å². The lowest BCUT2D eigenvalue weighted by Gasteiger charge is -2.18. The fraction of sp³-hybridized carbons (Fsp3) is 0.200. The Morgan fingerprint density at radius 1 is 0.889 bits per heavy atom. The molecule has 0 aliphatic rings. The molecule has 0 atom stereocenters. The molecule has 0 amide bonds. The predicted octanol–water partition coefficient (Wildman–Crippen LogP) is 4.53. The van der Waals surface area contributed by atoms with Crippen LogP contribution in [0.4, 0.5) is 0 Å². The summed E-state index contributed by atoms with van der Waals surface area (Å²) in [5, 5.41) is 2.53. The maximum Gasteiger partial charge on any atom is 0.242 e. The quantitative estimate of drug-likeness (QED) is 0.668. The van der Waals surface area contributed by atoms with Crippen LogP contribution in [-0.2, 0) is 0 Å². The molecule has 1 N–H and O–H groups in total. The number of aromatic amines is 1. The lowest BCUT2D eigenvalue weighted by Crippen LogP contribution is -2.29. The van der Waals surface area contributed by atoms with Gasteiger partial charge in [0.1, 0.15) is 5.75 Å². The smallest absolute Gasteiger partial charge is 0.242 e. The minimum absolute atomic E-state index is 0.966. The van der Waals surface area contributed by atoms with Crippen molar-refractivity contribution in [1.82, 2.24) is 4.98 Å². The molecule has 0 fully saturated rings. The topological polar surface area (TPSA) is 25.0 Å². The van der Waals surface area contributed by atoms with Gasteiger partial charge in [0.25, 0.3) is 0 Å². The van der Waals surface area contributed by atoms with E-state index in [1.807, 2.05) is 0 Å². The van der Waals surface area contributed by atoms with Crippen LogP contribution in [0.15, 0.2) is 42.5 Å². The predicted molar refractivity (Wildman–Crippen MR) is 79.8 cm³/mol. The van der Waals surface area contributed by atoms with Crippen LogP contribution in [0.2, 0.25) is 19.6 Å². The van der Waals surface area contributed by atoms with E-state index in [1.165, 1.54) is 16.3 Å². The maximum absolute atomic E-state index is 6.02. The summed E-state index contributed by atoms with van der Waals surface area (Å²) >= 11 is 0. The number of hydrogen-bond donors (Lipinski definition) is 1. The first-order valence-corrected chi connectivity index (χ1v) is 9.63. The van der Waals surface area contributed by atoms with E-state index in [0.717, 1.165) is 11.3 Å². The van der Waals surface area contributed by atoms with E-state index in [0.29, 0.717) is 0 Å². The Hall–Kier alpha value is -1.74. The van der Waals surface area contributed by atoms with Crippen molar-refractivity contribution in [2.24, 2.45) is 0 Å². The van der Waals surface area contributed by atoms with Gasteiger partial charge in [-0.2, -0.15) is 0 Å². The third-order valence-electron chi connectivity index (χ3n) is 2.90. The standard InChI is InChI=1S/C15H17NOSi/c1-18(2,3)17-11-8-9-13-12-6-4-5-7-14(12)16-15(13)10-11/h4-10,16H,1-3H3. The molecule has 1 aromatic heterocycles. The van der Waals surface area contributed by atoms with Crippen molar-refractivity contribution < 1.29 is 4.43 Å². The molecule has 3 aromatic rings. The van der Waals surface area contributed by atoms with Gasteiger partial charge in [0.2, 0.25) is 8.32 Å². The van der Waals surface area contributed by atoms with Crippen LogP contribution in [0.1, 0.15) is 0 Å². The van der Waals surface area contributed by atoms with Gasteiger partial charge in [0.15, 0.2) is 0 Å². The van der Waals surface area contributed by atoms with Gasteiger partial charge in [-0.15, -0.1) is 0 Å². The molecule has 0 aliphatic heterocycles. The van der Waals surface area contributed by atoms with Crippen molar-refractivity contribution in [3.05, 3.63) is 42.5 Å². The van der Waals surface area contributed by atoms with Crippen molar-refractivity contribution in [3.63, 3.8) is 0 Å². The molecule has 3 heteroatoms. The normalized spacial score (nSPS) is 12.2. The summed E-state index contributed by atoms with van der Waals surface area (Å²) < 4.78 is 6.02. The summed E-state index contributed by atoms with van der Waals surface area (Å²) in [4.78, 5) is 3.44. The Balaban J connectivity index is 2.15. The van der Waals surface area contributed by atoms with E-state index in [2.05, 4.69) is 67.1 Å². The molecule has 0 aliphatic carbocycles. The van der Waals surface area contributed by atoms with Gasteiger partial charge >= 0.3 is 0 Å². The first-order valence-electron chi connectivity index (χ1n) is 6.22. The molecular weight excluding hydrogens is 238 g/mol. The highest BCUT2D eigenvalue weighted by Crippen LogP contribution is 2.28. The van der Waals surface area contributed by atoms with Gasteiger partial charge in [-0.05, 0) is 37.8 Å². The van der Waals surface area contributed by atoms with Crippen LogP contribution in [0.5, 0.6) is 5.75 Å². The van der Waals surface area contributed by atoms with Crippen LogP contribution in [0, 0.1) is 0 Å². The summed E-state index contributed by atoms with van der Waals surface area (Å²) in [6.07, 6.45) is 0. The number of para-hydroxylation sites is 1. The van der Waals surface area contributed by atoms with Gasteiger partial charge in [0, 0.05) is 22.4 Å². The Morgan fingerprint density at radius 3 is 2.39 bits per heavy atom. The van der Waals surface area contributed by atoms with Crippen molar-refractivity contribution >= 4 is 30.1 Å². The molecule has 2 nitrogen and oxygen atoms in total. The molecule has 18 heavy (non-hydrogen) atoms. The molecule has 92 valence electrons. The zero-order valence-corrected chi connectivity index (χ0v) is 11.9. The van der Waals surface area contributed by atoms with Crippen molar-refractivity contribution in [2.45, 2.75) is 19.6 Å². The highest BCUT2D eigenvalue weighted by molar-refractivity contribution is 6.70. The number of benzene rings is 2. The molecule has 3 rings (SSSR count). The number of fused-ring (bicyclic) bond motifs is 3. The molecule has 0 spiro atoms. The molecule has 0 saturated carbocycles. The second-order valence-electron chi connectivity index (χ2n) is 5.59. The van der Waals surface area contributed by atoms with Crippen LogP contribution in [-0.4, -0.2) is 13.3 Å². The van der Waals surface area contributed by atoms with E-state index in [4.69, 9.17) is 4.43 Å². The SMILES string of the molecule is C[Si](C)(C)Oc1ccc2c(c1)[nH]c1ccccc12. The maximum atomic E-state index is 6.02. The van der Waals surface area contributed by atoms with Crippen LogP contribution < -0.4 is 4.43 Å². The third kappa shape index (κ3) is 2.02. The molecule has 0 radical (unpaired) electrons. The first kappa shape index (κ1) is 11.4. The Bertz CT molecular complexity index is 709. The summed E-state index contributed by atoms with van der Waals surface area (Å²) in [6, 6.07) is 14.7. The second-order valence-corrected chi connectivity index (χ2v) is 10.0. The van der Waals surface area contributed by atoms with E-state index in [1.54, 1.807) is 0 Å². The number of hydrogen-bond acceptors (Lipinski definition) is 1. The second kappa shape index (κ2) is 3.88. The van der Waals surface area contributed by atoms with Gasteiger partial charge in [-0.25, -0.2) is 0 Å². The molecule has 0 unspecified atom stereocenters. The van der Waals surface area contributed by atoms with E-state index in [-0.39, 0.29) is 0 Å². The highest BCUT2D eigenvalue weighted by atomic mass is 28.4. The summed E-state index contributed by atoms with van der Waals surface area (Å²) in [5.41, 5.74) is 2.32. The van der Waals surface area contributed by atoms with Crippen molar-refractivity contribution in [2.75, 3.05) is 0 Å². The number of aromatic nitrogens is 1. The van der Waals surface area contributed by atoms with Crippen LogP contribution in [0.25, 0.3) is 21.8 Å². The Morgan fingerprint density at radius 2 is 1.61 bits per heavy atom. The summed E-state index contributed by atoms with van der Waals surface area (Å²) in [5.74, 6) is 0.966. The minimum Gasteiger partial charge on any atom is -0.544 e. The lowest BCUT2D eigenvalue weighted by molar-refractivity contribution is 0.558. The molecular formula is C15H17NOSi. The summed E-state index contributed by atoms with van der Waals surface area (Å²) in [6.45, 7) is 6.59. The fourth-order valence-corrected chi connectivity index (χ4v) is 3.08. The molecule has 1 heterocycles. The van der Waals surface area contributed by atoms with Gasteiger partial charge in [0.05, 0.1) is 5.52 Å². The number of rotatable bonds is 2. The summed E-state index contributed by atoms with van der Waals surface area (Å²) in [7, 11) is -1.54. The zero-order chi connectivity index (χ0) is 12.8. The highest BCUT2D eigenvalue weighted by Gasteiger charge is 2.16. The van der Waals surface area contributed by atoms with Crippen LogP contribution >= 0.6 is 0 Å². The largest absolute Gasteiger partial charge is 0.544 e. The first-order chi connectivity index (χ1) is 8.53. The molecule has 0 bridgehead atoms. The third-order valence-corrected chi connectivity index (χ3v) is 3.75. The van der Waals surface area contributed by atoms with Gasteiger partial charge in [-0.3, -0.25) is 0 Å². The van der Waals surface area contributed by atoms with E-state index >= 15 is 0 Å². The van der Waals surface area contributed by atoms with E-state index < -0.39 is 8.32 Å². The van der Waals surface area contributed by atoms with E-state index in [9.17, 15) is 0 Å². The van der Waals surface area contributed by atoms with Gasteiger partial charge < -0.3 is 9.41 Å². The van der Waals surface area contributed by atoms with Crippen molar-refractivity contribution in [3.8, 4) is 5.75 Å². The van der Waals surface area contributed by atoms with Crippen LogP contribution in [0.3, 0.4) is 0 Å². The lowest BCUT2D eigenvalue weighted by atomic mass is 10.1. The number of nitrogens with one attached hydrogen (secondary N) is 1. The average molecular weight is 255 g/mol. The molecule has 0 saturated heterocycles. The Labute approximate surface area is 108 Å². The van der Waals surface area contributed by atoms with Crippen molar-refractivity contribution in [1.29, 1.82) is 0 Å². The average Bonchev–Trinajstić information content (AvgIpc) is 2.64. The number of H-pyrrole nitrogens is 1. The molecule has 2 aromatic carbocycles. The zero-order valence-electron chi connectivity index (χ0n) is 10.9. The minimum atomic E-state index is -1.54. The monoisotopic (exact) mass is 255 g/mol. The fourth-order valence-electron chi connectivity index (χ4n) is 2.25. The Kier molecular flexibility index (Phi) is 2.45.